The Morgan fingerprint density at radius 2 is 1.86 bits per heavy atom. The van der Waals surface area contributed by atoms with E-state index in [1.54, 1.807) is 6.92 Å². The average molecular weight is 299 g/mol. The van der Waals surface area contributed by atoms with Crippen LogP contribution in [0, 0.1) is 17.6 Å². The first-order valence-corrected chi connectivity index (χ1v) is 7.39. The Balaban J connectivity index is 2.87. The smallest absolute Gasteiger partial charge is 0.308 e. The van der Waals surface area contributed by atoms with Crippen LogP contribution in [-0.4, -0.2) is 24.2 Å². The molecular weight excluding hydrogens is 276 g/mol. The van der Waals surface area contributed by atoms with Gasteiger partial charge in [-0.1, -0.05) is 39.2 Å². The molecular formula is C16H23F2NO2. The minimum Gasteiger partial charge on any atom is -0.481 e. The van der Waals surface area contributed by atoms with E-state index in [1.165, 1.54) is 23.1 Å². The van der Waals surface area contributed by atoms with E-state index in [0.717, 1.165) is 25.7 Å². The lowest BCUT2D eigenvalue weighted by Crippen LogP contribution is -2.34. The zero-order chi connectivity index (χ0) is 15.8. The number of aliphatic carboxylic acids is 1. The van der Waals surface area contributed by atoms with Crippen LogP contribution in [0.3, 0.4) is 0 Å². The summed E-state index contributed by atoms with van der Waals surface area (Å²) >= 11 is 0. The standard InChI is InChI=1S/C16H23F2NO2/c1-3-4-5-6-10-19(11-12(2)16(20)21)15-13(17)8-7-9-14(15)18/h7-9,12H,3-6,10-11H2,1-2H3,(H,20,21). The van der Waals surface area contributed by atoms with Gasteiger partial charge in [-0.25, -0.2) is 8.78 Å². The van der Waals surface area contributed by atoms with Crippen LogP contribution in [0.2, 0.25) is 0 Å². The molecule has 0 radical (unpaired) electrons. The van der Waals surface area contributed by atoms with Gasteiger partial charge in [0.1, 0.15) is 17.3 Å². The highest BCUT2D eigenvalue weighted by molar-refractivity contribution is 5.70. The molecule has 5 heteroatoms. The summed E-state index contributed by atoms with van der Waals surface area (Å²) in [6.45, 7) is 4.18. The molecule has 1 aromatic rings. The van der Waals surface area contributed by atoms with Crippen molar-refractivity contribution in [3.8, 4) is 0 Å². The molecule has 1 atom stereocenters. The van der Waals surface area contributed by atoms with Crippen molar-refractivity contribution < 1.29 is 18.7 Å². The van der Waals surface area contributed by atoms with Crippen LogP contribution in [0.1, 0.15) is 39.5 Å². The first kappa shape index (κ1) is 17.4. The summed E-state index contributed by atoms with van der Waals surface area (Å²) in [6.07, 6.45) is 3.88. The highest BCUT2D eigenvalue weighted by atomic mass is 19.1. The third-order valence-corrected chi connectivity index (χ3v) is 3.45. The molecule has 0 spiro atoms. The second kappa shape index (κ2) is 8.60. The molecule has 1 N–H and O–H groups in total. The predicted molar refractivity (Wildman–Crippen MR) is 79.5 cm³/mol. The fourth-order valence-corrected chi connectivity index (χ4v) is 2.22. The Hall–Kier alpha value is -1.65. The Kier molecular flexibility index (Phi) is 7.12. The Morgan fingerprint density at radius 3 is 2.38 bits per heavy atom. The van der Waals surface area contributed by atoms with Crippen molar-refractivity contribution in [1.82, 2.24) is 0 Å². The molecule has 1 unspecified atom stereocenters. The molecule has 0 aliphatic rings. The maximum atomic E-state index is 13.9. The number of para-hydroxylation sites is 1. The van der Waals surface area contributed by atoms with Crippen LogP contribution in [0.4, 0.5) is 14.5 Å². The maximum Gasteiger partial charge on any atom is 0.308 e. The largest absolute Gasteiger partial charge is 0.481 e. The van der Waals surface area contributed by atoms with Gasteiger partial charge in [0.05, 0.1) is 5.92 Å². The lowest BCUT2D eigenvalue weighted by molar-refractivity contribution is -0.140. The van der Waals surface area contributed by atoms with Crippen LogP contribution in [0.25, 0.3) is 0 Å². The Labute approximate surface area is 124 Å². The summed E-state index contributed by atoms with van der Waals surface area (Å²) < 4.78 is 27.8. The van der Waals surface area contributed by atoms with E-state index in [4.69, 9.17) is 5.11 Å². The third-order valence-electron chi connectivity index (χ3n) is 3.45. The molecule has 0 heterocycles. The molecule has 0 saturated heterocycles. The number of unbranched alkanes of at least 4 members (excludes halogenated alkanes) is 3. The van der Waals surface area contributed by atoms with Crippen LogP contribution in [0.5, 0.6) is 0 Å². The van der Waals surface area contributed by atoms with Gasteiger partial charge in [-0.15, -0.1) is 0 Å². The van der Waals surface area contributed by atoms with E-state index in [0.29, 0.717) is 6.54 Å². The maximum absolute atomic E-state index is 13.9. The van der Waals surface area contributed by atoms with Gasteiger partial charge in [-0.05, 0) is 18.6 Å². The number of hydrogen-bond donors (Lipinski definition) is 1. The highest BCUT2D eigenvalue weighted by Gasteiger charge is 2.21. The molecule has 21 heavy (non-hydrogen) atoms. The molecule has 1 aromatic carbocycles. The third kappa shape index (κ3) is 5.33. The highest BCUT2D eigenvalue weighted by Crippen LogP contribution is 2.24. The number of hydrogen-bond acceptors (Lipinski definition) is 2. The first-order valence-electron chi connectivity index (χ1n) is 7.39. The summed E-state index contributed by atoms with van der Waals surface area (Å²) in [7, 11) is 0. The topological polar surface area (TPSA) is 40.5 Å². The van der Waals surface area contributed by atoms with Crippen molar-refractivity contribution in [3.63, 3.8) is 0 Å². The molecule has 1 rings (SSSR count). The van der Waals surface area contributed by atoms with Crippen molar-refractivity contribution in [2.75, 3.05) is 18.0 Å². The van der Waals surface area contributed by atoms with Crippen LogP contribution in [0.15, 0.2) is 18.2 Å². The predicted octanol–water partition coefficient (Wildman–Crippen LogP) is 4.07. The number of carbonyl (C=O) groups is 1. The van der Waals surface area contributed by atoms with Gasteiger partial charge in [-0.2, -0.15) is 0 Å². The zero-order valence-corrected chi connectivity index (χ0v) is 12.6. The van der Waals surface area contributed by atoms with E-state index >= 15 is 0 Å². The molecule has 0 aliphatic heterocycles. The quantitative estimate of drug-likeness (QED) is 0.699. The van der Waals surface area contributed by atoms with Gasteiger partial charge in [0.15, 0.2) is 0 Å². The van der Waals surface area contributed by atoms with Gasteiger partial charge < -0.3 is 10.0 Å². The van der Waals surface area contributed by atoms with Crippen molar-refractivity contribution in [2.45, 2.75) is 39.5 Å². The number of anilines is 1. The van der Waals surface area contributed by atoms with Gasteiger partial charge in [0, 0.05) is 13.1 Å². The van der Waals surface area contributed by atoms with Crippen molar-refractivity contribution >= 4 is 11.7 Å². The van der Waals surface area contributed by atoms with E-state index in [9.17, 15) is 13.6 Å². The van der Waals surface area contributed by atoms with E-state index in [-0.39, 0.29) is 12.2 Å². The van der Waals surface area contributed by atoms with Crippen LogP contribution < -0.4 is 4.90 Å². The second-order valence-electron chi connectivity index (χ2n) is 5.32. The molecule has 0 aromatic heterocycles. The number of rotatable bonds is 9. The van der Waals surface area contributed by atoms with Crippen LogP contribution >= 0.6 is 0 Å². The number of halogens is 2. The minimum absolute atomic E-state index is 0.0965. The molecule has 0 aliphatic carbocycles. The summed E-state index contributed by atoms with van der Waals surface area (Å²) in [5.74, 6) is -2.95. The molecule has 0 amide bonds. The van der Waals surface area contributed by atoms with Crippen molar-refractivity contribution in [2.24, 2.45) is 5.92 Å². The Bertz CT molecular complexity index is 445. The SMILES string of the molecule is CCCCCCN(CC(C)C(=O)O)c1c(F)cccc1F. The van der Waals surface area contributed by atoms with Gasteiger partial charge in [-0.3, -0.25) is 4.79 Å². The molecule has 0 fully saturated rings. The molecule has 118 valence electrons. The number of nitrogens with zero attached hydrogens (tertiary/aromatic N) is 1. The normalized spacial score (nSPS) is 12.2. The second-order valence-corrected chi connectivity index (χ2v) is 5.32. The van der Waals surface area contributed by atoms with E-state index < -0.39 is 23.5 Å². The summed E-state index contributed by atoms with van der Waals surface area (Å²) in [5.41, 5.74) is -0.123. The lowest BCUT2D eigenvalue weighted by atomic mass is 10.1. The molecule has 0 bridgehead atoms. The zero-order valence-electron chi connectivity index (χ0n) is 12.6. The van der Waals surface area contributed by atoms with E-state index in [1.807, 2.05) is 0 Å². The fourth-order valence-electron chi connectivity index (χ4n) is 2.22. The molecule has 3 nitrogen and oxygen atoms in total. The number of benzene rings is 1. The number of carboxylic acids is 1. The molecule has 0 saturated carbocycles. The number of carboxylic acid groups (broad SMARTS) is 1. The lowest BCUT2D eigenvalue weighted by Gasteiger charge is -2.27. The minimum atomic E-state index is -0.967. The van der Waals surface area contributed by atoms with Gasteiger partial charge in [0.25, 0.3) is 0 Å². The van der Waals surface area contributed by atoms with E-state index in [2.05, 4.69) is 6.92 Å². The fraction of sp³-hybridized carbons (Fsp3) is 0.562. The van der Waals surface area contributed by atoms with Gasteiger partial charge >= 0.3 is 5.97 Å². The van der Waals surface area contributed by atoms with Crippen LogP contribution in [-0.2, 0) is 4.79 Å². The first-order chi connectivity index (χ1) is 9.97. The summed E-state index contributed by atoms with van der Waals surface area (Å²) in [5, 5.41) is 9.01. The van der Waals surface area contributed by atoms with Crippen molar-refractivity contribution in [1.29, 1.82) is 0 Å². The van der Waals surface area contributed by atoms with Gasteiger partial charge in [0.2, 0.25) is 0 Å². The van der Waals surface area contributed by atoms with Crippen molar-refractivity contribution in [3.05, 3.63) is 29.8 Å². The summed E-state index contributed by atoms with van der Waals surface area (Å²) in [4.78, 5) is 12.5. The monoisotopic (exact) mass is 299 g/mol. The average Bonchev–Trinajstić information content (AvgIpc) is 2.42. The summed E-state index contributed by atoms with van der Waals surface area (Å²) in [6, 6.07) is 3.70. The Morgan fingerprint density at radius 1 is 1.24 bits per heavy atom.